The summed E-state index contributed by atoms with van der Waals surface area (Å²) in [5, 5.41) is 0. The largest absolute Gasteiger partial charge is 0.0848 e. The summed E-state index contributed by atoms with van der Waals surface area (Å²) in [5.41, 5.74) is 0. The minimum Gasteiger partial charge on any atom is -0.0848 e. The third-order valence-corrected chi connectivity index (χ3v) is 6.89. The summed E-state index contributed by atoms with van der Waals surface area (Å²) >= 11 is 0. The Morgan fingerprint density at radius 2 is 1.00 bits per heavy atom. The van der Waals surface area contributed by atoms with Gasteiger partial charge in [-0.15, -0.1) is 0 Å². The molecule has 20 heavy (non-hydrogen) atoms. The van der Waals surface area contributed by atoms with E-state index in [0.717, 1.165) is 35.5 Å². The predicted molar refractivity (Wildman–Crippen MR) is 85.4 cm³/mol. The van der Waals surface area contributed by atoms with Crippen molar-refractivity contribution >= 4 is 0 Å². The van der Waals surface area contributed by atoms with Crippen LogP contribution in [-0.2, 0) is 0 Å². The second-order valence-electron chi connectivity index (χ2n) is 7.90. The molecule has 0 aromatic carbocycles. The van der Waals surface area contributed by atoms with E-state index >= 15 is 0 Å². The van der Waals surface area contributed by atoms with Gasteiger partial charge in [0.25, 0.3) is 0 Å². The SMILES string of the molecule is C1=CC(CCC2C=CC3CCCCC32)C2CCCCC12. The maximum Gasteiger partial charge on any atom is -0.0199 e. The Morgan fingerprint density at radius 1 is 0.550 bits per heavy atom. The number of hydrogen-bond donors (Lipinski definition) is 0. The molecule has 0 amide bonds. The van der Waals surface area contributed by atoms with Crippen molar-refractivity contribution in [3.05, 3.63) is 24.3 Å². The summed E-state index contributed by atoms with van der Waals surface area (Å²) in [6, 6.07) is 0. The second-order valence-corrected chi connectivity index (χ2v) is 7.90. The molecule has 0 saturated heterocycles. The molecule has 0 heterocycles. The Bertz CT molecular complexity index is 353. The molecule has 0 aromatic heterocycles. The normalized spacial score (nSPS) is 46.4. The van der Waals surface area contributed by atoms with Gasteiger partial charge in [-0.1, -0.05) is 50.0 Å². The first-order chi connectivity index (χ1) is 9.92. The van der Waals surface area contributed by atoms with Gasteiger partial charge in [-0.3, -0.25) is 0 Å². The van der Waals surface area contributed by atoms with E-state index in [-0.39, 0.29) is 0 Å². The lowest BCUT2D eigenvalue weighted by Crippen LogP contribution is -2.23. The molecule has 0 nitrogen and oxygen atoms in total. The van der Waals surface area contributed by atoms with E-state index in [1.54, 1.807) is 0 Å². The molecular weight excluding hydrogens is 240 g/mol. The molecule has 4 rings (SSSR count). The predicted octanol–water partition coefficient (Wildman–Crippen LogP) is 5.75. The molecule has 0 heteroatoms. The molecule has 2 saturated carbocycles. The minimum atomic E-state index is 0.927. The van der Waals surface area contributed by atoms with Crippen LogP contribution in [0.2, 0.25) is 0 Å². The van der Waals surface area contributed by atoms with Crippen LogP contribution in [0.1, 0.15) is 64.2 Å². The highest BCUT2D eigenvalue weighted by molar-refractivity contribution is 5.10. The van der Waals surface area contributed by atoms with Crippen LogP contribution in [0.4, 0.5) is 0 Å². The zero-order chi connectivity index (χ0) is 13.4. The van der Waals surface area contributed by atoms with Gasteiger partial charge in [0, 0.05) is 0 Å². The van der Waals surface area contributed by atoms with E-state index in [0.29, 0.717) is 0 Å². The zero-order valence-electron chi connectivity index (χ0n) is 12.8. The fourth-order valence-corrected chi connectivity index (χ4v) is 5.78. The van der Waals surface area contributed by atoms with Gasteiger partial charge in [0.2, 0.25) is 0 Å². The van der Waals surface area contributed by atoms with Crippen LogP contribution in [0.25, 0.3) is 0 Å². The van der Waals surface area contributed by atoms with Crippen LogP contribution < -0.4 is 0 Å². The van der Waals surface area contributed by atoms with E-state index < -0.39 is 0 Å². The zero-order valence-corrected chi connectivity index (χ0v) is 12.8. The summed E-state index contributed by atoms with van der Waals surface area (Å²) < 4.78 is 0. The summed E-state index contributed by atoms with van der Waals surface area (Å²) in [6.45, 7) is 0. The van der Waals surface area contributed by atoms with Crippen molar-refractivity contribution in [3.63, 3.8) is 0 Å². The van der Waals surface area contributed by atoms with Crippen molar-refractivity contribution in [1.29, 1.82) is 0 Å². The fourth-order valence-electron chi connectivity index (χ4n) is 5.78. The molecule has 0 bridgehead atoms. The van der Waals surface area contributed by atoms with Crippen LogP contribution in [0.3, 0.4) is 0 Å². The van der Waals surface area contributed by atoms with Crippen molar-refractivity contribution < 1.29 is 0 Å². The Morgan fingerprint density at radius 3 is 1.50 bits per heavy atom. The molecule has 0 aliphatic heterocycles. The van der Waals surface area contributed by atoms with Gasteiger partial charge in [-0.25, -0.2) is 0 Å². The van der Waals surface area contributed by atoms with Crippen LogP contribution in [0.15, 0.2) is 24.3 Å². The van der Waals surface area contributed by atoms with Crippen molar-refractivity contribution in [2.45, 2.75) is 64.2 Å². The molecule has 0 spiro atoms. The Kier molecular flexibility index (Phi) is 3.75. The van der Waals surface area contributed by atoms with Crippen LogP contribution >= 0.6 is 0 Å². The Balaban J connectivity index is 1.32. The van der Waals surface area contributed by atoms with Gasteiger partial charge >= 0.3 is 0 Å². The summed E-state index contributed by atoms with van der Waals surface area (Å²) in [5.74, 6) is 5.81. The highest BCUT2D eigenvalue weighted by Crippen LogP contribution is 2.47. The average Bonchev–Trinajstić information content (AvgIpc) is 3.09. The van der Waals surface area contributed by atoms with Gasteiger partial charge in [0.15, 0.2) is 0 Å². The van der Waals surface area contributed by atoms with Crippen molar-refractivity contribution in [1.82, 2.24) is 0 Å². The van der Waals surface area contributed by atoms with E-state index in [1.165, 1.54) is 64.2 Å². The lowest BCUT2D eigenvalue weighted by Gasteiger charge is -2.32. The summed E-state index contributed by atoms with van der Waals surface area (Å²) in [4.78, 5) is 0. The molecule has 0 radical (unpaired) electrons. The molecular formula is C20H30. The molecule has 0 aromatic rings. The standard InChI is InChI=1S/C20H30/c1-3-7-19-15(5-1)9-11-17(19)13-14-18-12-10-16-6-2-4-8-20(16)18/h9-12,15-20H,1-8,13-14H2. The third kappa shape index (κ3) is 2.40. The van der Waals surface area contributed by atoms with Crippen molar-refractivity contribution in [3.8, 4) is 0 Å². The molecule has 6 atom stereocenters. The average molecular weight is 270 g/mol. The van der Waals surface area contributed by atoms with E-state index in [2.05, 4.69) is 24.3 Å². The summed E-state index contributed by atoms with van der Waals surface area (Å²) in [6.07, 6.45) is 25.2. The second kappa shape index (κ2) is 5.70. The smallest absolute Gasteiger partial charge is 0.0199 e. The first-order valence-corrected chi connectivity index (χ1v) is 9.28. The highest BCUT2D eigenvalue weighted by atomic mass is 14.4. The lowest BCUT2D eigenvalue weighted by molar-refractivity contribution is 0.205. The van der Waals surface area contributed by atoms with Gasteiger partial charge in [0.05, 0.1) is 0 Å². The molecule has 4 aliphatic carbocycles. The van der Waals surface area contributed by atoms with Crippen LogP contribution in [0.5, 0.6) is 0 Å². The van der Waals surface area contributed by atoms with Gasteiger partial charge in [-0.05, 0) is 74.0 Å². The van der Waals surface area contributed by atoms with Gasteiger partial charge in [-0.2, -0.15) is 0 Å². The lowest BCUT2D eigenvalue weighted by atomic mass is 9.73. The Labute approximate surface area is 124 Å². The molecule has 4 aliphatic rings. The van der Waals surface area contributed by atoms with Crippen LogP contribution in [-0.4, -0.2) is 0 Å². The van der Waals surface area contributed by atoms with Gasteiger partial charge in [0.1, 0.15) is 0 Å². The van der Waals surface area contributed by atoms with Gasteiger partial charge < -0.3 is 0 Å². The van der Waals surface area contributed by atoms with Crippen LogP contribution in [0, 0.1) is 35.5 Å². The molecule has 110 valence electrons. The van der Waals surface area contributed by atoms with E-state index in [4.69, 9.17) is 0 Å². The Hall–Kier alpha value is -0.520. The van der Waals surface area contributed by atoms with Crippen molar-refractivity contribution in [2.24, 2.45) is 35.5 Å². The van der Waals surface area contributed by atoms with E-state index in [9.17, 15) is 0 Å². The van der Waals surface area contributed by atoms with Crippen molar-refractivity contribution in [2.75, 3.05) is 0 Å². The molecule has 0 N–H and O–H groups in total. The number of hydrogen-bond acceptors (Lipinski definition) is 0. The molecule has 2 fully saturated rings. The number of fused-ring (bicyclic) bond motifs is 2. The monoisotopic (exact) mass is 270 g/mol. The first kappa shape index (κ1) is 13.2. The fraction of sp³-hybridized carbons (Fsp3) is 0.800. The third-order valence-electron chi connectivity index (χ3n) is 6.89. The molecule has 6 unspecified atom stereocenters. The number of rotatable bonds is 3. The highest BCUT2D eigenvalue weighted by Gasteiger charge is 2.36. The van der Waals surface area contributed by atoms with E-state index in [1.807, 2.05) is 0 Å². The maximum absolute atomic E-state index is 2.59. The summed E-state index contributed by atoms with van der Waals surface area (Å²) in [7, 11) is 0. The quantitative estimate of drug-likeness (QED) is 0.573. The minimum absolute atomic E-state index is 0.927. The maximum atomic E-state index is 2.59. The number of allylic oxidation sites excluding steroid dienone is 4. The first-order valence-electron chi connectivity index (χ1n) is 9.28. The topological polar surface area (TPSA) is 0 Å².